The van der Waals surface area contributed by atoms with Gasteiger partial charge in [0.2, 0.25) is 0 Å². The SMILES string of the molecule is ClCCc1cn(CC2CCCCNC2)nn1. The second-order valence-corrected chi connectivity index (χ2v) is 4.81. The molecule has 1 aromatic rings. The molecule has 4 nitrogen and oxygen atoms in total. The molecule has 0 aromatic carbocycles. The molecule has 0 bridgehead atoms. The van der Waals surface area contributed by atoms with Crippen molar-refractivity contribution in [2.24, 2.45) is 5.92 Å². The Bertz CT molecular complexity index is 305. The number of alkyl halides is 1. The fourth-order valence-corrected chi connectivity index (χ4v) is 2.34. The summed E-state index contributed by atoms with van der Waals surface area (Å²) in [6.45, 7) is 3.23. The maximum atomic E-state index is 5.67. The lowest BCUT2D eigenvalue weighted by molar-refractivity contribution is 0.386. The molecule has 0 spiro atoms. The summed E-state index contributed by atoms with van der Waals surface area (Å²) in [4.78, 5) is 0. The third-order valence-corrected chi connectivity index (χ3v) is 3.22. The summed E-state index contributed by atoms with van der Waals surface area (Å²) in [7, 11) is 0. The van der Waals surface area contributed by atoms with Gasteiger partial charge in [0, 0.05) is 25.0 Å². The van der Waals surface area contributed by atoms with E-state index in [1.807, 2.05) is 10.9 Å². The Morgan fingerprint density at radius 3 is 3.31 bits per heavy atom. The minimum absolute atomic E-state index is 0.615. The van der Waals surface area contributed by atoms with Crippen LogP contribution in [0.2, 0.25) is 0 Å². The molecule has 1 aliphatic rings. The second kappa shape index (κ2) is 6.21. The van der Waals surface area contributed by atoms with E-state index in [0.717, 1.165) is 31.7 Å². The highest BCUT2D eigenvalue weighted by Gasteiger charge is 2.13. The zero-order valence-corrected chi connectivity index (χ0v) is 10.3. The summed E-state index contributed by atoms with van der Waals surface area (Å²) < 4.78 is 1.96. The molecule has 1 fully saturated rings. The lowest BCUT2D eigenvalue weighted by Gasteiger charge is -2.13. The van der Waals surface area contributed by atoms with Gasteiger partial charge in [0.15, 0.2) is 0 Å². The van der Waals surface area contributed by atoms with Gasteiger partial charge in [0.1, 0.15) is 0 Å². The Balaban J connectivity index is 1.86. The van der Waals surface area contributed by atoms with Crippen LogP contribution in [-0.4, -0.2) is 34.0 Å². The van der Waals surface area contributed by atoms with Gasteiger partial charge in [-0.15, -0.1) is 16.7 Å². The topological polar surface area (TPSA) is 42.7 Å². The van der Waals surface area contributed by atoms with Crippen LogP contribution in [0.3, 0.4) is 0 Å². The first kappa shape index (κ1) is 11.9. The molecule has 2 rings (SSSR count). The van der Waals surface area contributed by atoms with Crippen LogP contribution in [0.25, 0.3) is 0 Å². The van der Waals surface area contributed by atoms with Crippen LogP contribution >= 0.6 is 11.6 Å². The van der Waals surface area contributed by atoms with Crippen LogP contribution in [-0.2, 0) is 13.0 Å². The van der Waals surface area contributed by atoms with Gasteiger partial charge in [-0.05, 0) is 31.8 Å². The van der Waals surface area contributed by atoms with Crippen molar-refractivity contribution in [3.8, 4) is 0 Å². The van der Waals surface area contributed by atoms with Gasteiger partial charge in [-0.1, -0.05) is 11.6 Å². The van der Waals surface area contributed by atoms with E-state index in [9.17, 15) is 0 Å². The Labute approximate surface area is 101 Å². The van der Waals surface area contributed by atoms with Gasteiger partial charge in [-0.3, -0.25) is 4.68 Å². The molecule has 16 heavy (non-hydrogen) atoms. The Morgan fingerprint density at radius 2 is 2.44 bits per heavy atom. The normalized spacial score (nSPS) is 21.9. The number of hydrogen-bond donors (Lipinski definition) is 1. The average Bonchev–Trinajstić information content (AvgIpc) is 2.56. The van der Waals surface area contributed by atoms with Crippen LogP contribution in [0.15, 0.2) is 6.20 Å². The highest BCUT2D eigenvalue weighted by molar-refractivity contribution is 6.17. The third-order valence-electron chi connectivity index (χ3n) is 3.03. The van der Waals surface area contributed by atoms with Crippen molar-refractivity contribution in [1.82, 2.24) is 20.3 Å². The summed E-state index contributed by atoms with van der Waals surface area (Å²) in [5.74, 6) is 1.30. The van der Waals surface area contributed by atoms with Crippen LogP contribution in [0.4, 0.5) is 0 Å². The first-order chi connectivity index (χ1) is 7.88. The van der Waals surface area contributed by atoms with Gasteiger partial charge >= 0.3 is 0 Å². The maximum absolute atomic E-state index is 5.67. The van der Waals surface area contributed by atoms with Gasteiger partial charge in [-0.2, -0.15) is 0 Å². The minimum Gasteiger partial charge on any atom is -0.316 e. The molecular weight excluding hydrogens is 224 g/mol. The van der Waals surface area contributed by atoms with Crippen LogP contribution in [0.5, 0.6) is 0 Å². The summed E-state index contributed by atoms with van der Waals surface area (Å²) >= 11 is 5.67. The largest absolute Gasteiger partial charge is 0.316 e. The Morgan fingerprint density at radius 1 is 1.50 bits per heavy atom. The molecule has 0 aliphatic carbocycles. The first-order valence-corrected chi connectivity index (χ1v) is 6.57. The van der Waals surface area contributed by atoms with Gasteiger partial charge in [0.25, 0.3) is 0 Å². The molecule has 0 saturated carbocycles. The van der Waals surface area contributed by atoms with Gasteiger partial charge in [0.05, 0.1) is 5.69 Å². The molecule has 1 saturated heterocycles. The highest BCUT2D eigenvalue weighted by atomic mass is 35.5. The number of aromatic nitrogens is 3. The van der Waals surface area contributed by atoms with Crippen molar-refractivity contribution in [2.75, 3.05) is 19.0 Å². The average molecular weight is 243 g/mol. The number of aryl methyl sites for hydroxylation is 1. The lowest BCUT2D eigenvalue weighted by Crippen LogP contribution is -2.24. The molecule has 90 valence electrons. The molecule has 5 heteroatoms. The van der Waals surface area contributed by atoms with E-state index in [0.29, 0.717) is 11.8 Å². The number of nitrogens with one attached hydrogen (secondary N) is 1. The number of nitrogens with zero attached hydrogens (tertiary/aromatic N) is 3. The van der Waals surface area contributed by atoms with E-state index in [4.69, 9.17) is 11.6 Å². The van der Waals surface area contributed by atoms with E-state index in [2.05, 4.69) is 15.6 Å². The lowest BCUT2D eigenvalue weighted by atomic mass is 10.0. The van der Waals surface area contributed by atoms with Crippen LogP contribution < -0.4 is 5.32 Å². The van der Waals surface area contributed by atoms with Crippen molar-refractivity contribution in [3.63, 3.8) is 0 Å². The fraction of sp³-hybridized carbons (Fsp3) is 0.818. The first-order valence-electron chi connectivity index (χ1n) is 6.04. The van der Waals surface area contributed by atoms with E-state index in [1.165, 1.54) is 19.3 Å². The molecule has 2 heterocycles. The number of hydrogen-bond acceptors (Lipinski definition) is 3. The van der Waals surface area contributed by atoms with E-state index < -0.39 is 0 Å². The predicted octanol–water partition coefficient (Wildman–Crippen LogP) is 1.45. The molecule has 1 unspecified atom stereocenters. The molecule has 1 N–H and O–H groups in total. The fourth-order valence-electron chi connectivity index (χ4n) is 2.15. The van der Waals surface area contributed by atoms with Crippen molar-refractivity contribution in [3.05, 3.63) is 11.9 Å². The van der Waals surface area contributed by atoms with Crippen molar-refractivity contribution < 1.29 is 0 Å². The second-order valence-electron chi connectivity index (χ2n) is 4.44. The minimum atomic E-state index is 0.615. The van der Waals surface area contributed by atoms with E-state index in [1.54, 1.807) is 0 Å². The molecule has 0 amide bonds. The Kier molecular flexibility index (Phi) is 4.60. The summed E-state index contributed by atoms with van der Waals surface area (Å²) in [5.41, 5.74) is 0.997. The summed E-state index contributed by atoms with van der Waals surface area (Å²) in [6, 6.07) is 0. The quantitative estimate of drug-likeness (QED) is 0.813. The van der Waals surface area contributed by atoms with Crippen molar-refractivity contribution in [1.29, 1.82) is 0 Å². The van der Waals surface area contributed by atoms with E-state index in [-0.39, 0.29) is 0 Å². The van der Waals surface area contributed by atoms with Crippen molar-refractivity contribution in [2.45, 2.75) is 32.2 Å². The monoisotopic (exact) mass is 242 g/mol. The zero-order chi connectivity index (χ0) is 11.2. The molecule has 1 atom stereocenters. The number of rotatable bonds is 4. The zero-order valence-electron chi connectivity index (χ0n) is 9.53. The Hall–Kier alpha value is -0.610. The highest BCUT2D eigenvalue weighted by Crippen LogP contribution is 2.13. The van der Waals surface area contributed by atoms with E-state index >= 15 is 0 Å². The standard InChI is InChI=1S/C11H19ClN4/c12-5-4-11-9-16(15-14-11)8-10-3-1-2-6-13-7-10/h9-10,13H,1-8H2. The molecule has 0 radical (unpaired) electrons. The summed E-state index contributed by atoms with van der Waals surface area (Å²) in [6.07, 6.45) is 6.74. The van der Waals surface area contributed by atoms with Gasteiger partial charge < -0.3 is 5.32 Å². The maximum Gasteiger partial charge on any atom is 0.0839 e. The molecular formula is C11H19ClN4. The summed E-state index contributed by atoms with van der Waals surface area (Å²) in [5, 5.41) is 11.7. The third kappa shape index (κ3) is 3.46. The van der Waals surface area contributed by atoms with Crippen LogP contribution in [0, 0.1) is 5.92 Å². The predicted molar refractivity (Wildman–Crippen MR) is 64.7 cm³/mol. The molecule has 1 aromatic heterocycles. The van der Waals surface area contributed by atoms with Crippen LogP contribution in [0.1, 0.15) is 25.0 Å². The van der Waals surface area contributed by atoms with Crippen molar-refractivity contribution >= 4 is 11.6 Å². The van der Waals surface area contributed by atoms with Gasteiger partial charge in [-0.25, -0.2) is 0 Å². The number of halogens is 1. The molecule has 1 aliphatic heterocycles. The smallest absolute Gasteiger partial charge is 0.0839 e.